The zero-order chi connectivity index (χ0) is 13.5. The molecule has 2 aromatic rings. The van der Waals surface area contributed by atoms with Crippen molar-refractivity contribution in [3.8, 4) is 0 Å². The summed E-state index contributed by atoms with van der Waals surface area (Å²) in [6, 6.07) is 20.5. The lowest BCUT2D eigenvalue weighted by Crippen LogP contribution is -2.32. The molecule has 2 rings (SSSR count). The van der Waals surface area contributed by atoms with Gasteiger partial charge in [-0.1, -0.05) is 60.7 Å². The Bertz CT molecular complexity index is 467. The van der Waals surface area contributed by atoms with E-state index in [4.69, 9.17) is 11.1 Å². The van der Waals surface area contributed by atoms with Crippen LogP contribution in [0.3, 0.4) is 0 Å². The van der Waals surface area contributed by atoms with Crippen LogP contribution in [0.5, 0.6) is 0 Å². The highest BCUT2D eigenvalue weighted by molar-refractivity contribution is 5.78. The van der Waals surface area contributed by atoms with Gasteiger partial charge in [0.2, 0.25) is 0 Å². The molecule has 0 atom stereocenters. The maximum Gasteiger partial charge on any atom is 0.105 e. The summed E-state index contributed by atoms with van der Waals surface area (Å²) in [5, 5.41) is 7.49. The summed E-state index contributed by atoms with van der Waals surface area (Å²) in [7, 11) is 0. The zero-order valence-corrected chi connectivity index (χ0v) is 10.9. The van der Waals surface area contributed by atoms with Gasteiger partial charge in [-0.05, 0) is 11.1 Å². The van der Waals surface area contributed by atoms with Crippen LogP contribution in [0.4, 0.5) is 0 Å². The maximum atomic E-state index is 7.49. The first-order valence-electron chi connectivity index (χ1n) is 6.37. The molecule has 19 heavy (non-hydrogen) atoms. The Morgan fingerprint density at radius 3 is 1.63 bits per heavy atom. The molecule has 0 heterocycles. The van der Waals surface area contributed by atoms with Gasteiger partial charge in [-0.2, -0.15) is 0 Å². The largest absolute Gasteiger partial charge is 0.387 e. The first kappa shape index (κ1) is 13.3. The standard InChI is InChI=1S/C16H19N3/c17-16(18)13-19(11-14-7-3-1-4-8-14)12-15-9-5-2-6-10-15/h1-10H,11-13H2,(H3,17,18). The maximum absolute atomic E-state index is 7.49. The van der Waals surface area contributed by atoms with E-state index < -0.39 is 0 Å². The first-order chi connectivity index (χ1) is 9.24. The molecule has 0 saturated heterocycles. The second kappa shape index (κ2) is 6.71. The summed E-state index contributed by atoms with van der Waals surface area (Å²) in [6.07, 6.45) is 0. The molecule has 0 aliphatic heterocycles. The summed E-state index contributed by atoms with van der Waals surface area (Å²) in [5.74, 6) is 0.201. The fourth-order valence-electron chi connectivity index (χ4n) is 2.09. The molecule has 0 spiro atoms. The van der Waals surface area contributed by atoms with Crippen LogP contribution >= 0.6 is 0 Å². The molecule has 3 heteroatoms. The Hall–Kier alpha value is -2.13. The van der Waals surface area contributed by atoms with Crippen molar-refractivity contribution in [3.63, 3.8) is 0 Å². The predicted octanol–water partition coefficient (Wildman–Crippen LogP) is 2.62. The Kier molecular flexibility index (Phi) is 4.70. The minimum Gasteiger partial charge on any atom is -0.387 e. The molecule has 0 aromatic heterocycles. The van der Waals surface area contributed by atoms with Crippen LogP contribution in [-0.2, 0) is 13.1 Å². The molecule has 0 bridgehead atoms. The van der Waals surface area contributed by atoms with Crippen molar-refractivity contribution < 1.29 is 0 Å². The number of hydrogen-bond donors (Lipinski definition) is 2. The molecule has 0 radical (unpaired) electrons. The van der Waals surface area contributed by atoms with E-state index >= 15 is 0 Å². The summed E-state index contributed by atoms with van der Waals surface area (Å²) in [6.45, 7) is 2.09. The van der Waals surface area contributed by atoms with Crippen LogP contribution in [0.1, 0.15) is 11.1 Å². The van der Waals surface area contributed by atoms with Crippen molar-refractivity contribution in [1.82, 2.24) is 4.90 Å². The van der Waals surface area contributed by atoms with Crippen LogP contribution in [0, 0.1) is 5.41 Å². The number of nitrogens with one attached hydrogen (secondary N) is 1. The summed E-state index contributed by atoms with van der Waals surface area (Å²) in [4.78, 5) is 2.17. The van der Waals surface area contributed by atoms with Crippen LogP contribution in [-0.4, -0.2) is 17.3 Å². The highest BCUT2D eigenvalue weighted by Gasteiger charge is 2.08. The van der Waals surface area contributed by atoms with Gasteiger partial charge in [-0.15, -0.1) is 0 Å². The second-order valence-electron chi connectivity index (χ2n) is 4.64. The number of nitrogens with two attached hydrogens (primary N) is 1. The van der Waals surface area contributed by atoms with Crippen molar-refractivity contribution in [3.05, 3.63) is 71.8 Å². The summed E-state index contributed by atoms with van der Waals surface area (Å²) >= 11 is 0. The van der Waals surface area contributed by atoms with Gasteiger partial charge in [0.1, 0.15) is 5.84 Å². The average molecular weight is 253 g/mol. The third-order valence-electron chi connectivity index (χ3n) is 2.89. The van der Waals surface area contributed by atoms with Crippen molar-refractivity contribution in [1.29, 1.82) is 5.41 Å². The first-order valence-corrected chi connectivity index (χ1v) is 6.37. The van der Waals surface area contributed by atoms with E-state index in [1.807, 2.05) is 36.4 Å². The number of rotatable bonds is 6. The van der Waals surface area contributed by atoms with Crippen LogP contribution in [0.25, 0.3) is 0 Å². The Labute approximate surface area is 114 Å². The molecule has 0 unspecified atom stereocenters. The van der Waals surface area contributed by atoms with E-state index in [1.54, 1.807) is 0 Å². The molecular formula is C16H19N3. The minimum absolute atomic E-state index is 0.201. The topological polar surface area (TPSA) is 53.1 Å². The van der Waals surface area contributed by atoms with Crippen molar-refractivity contribution in [2.24, 2.45) is 5.73 Å². The normalized spacial score (nSPS) is 10.6. The van der Waals surface area contributed by atoms with Gasteiger partial charge in [0.25, 0.3) is 0 Å². The van der Waals surface area contributed by atoms with Gasteiger partial charge < -0.3 is 5.73 Å². The SMILES string of the molecule is N=C(N)CN(Cc1ccccc1)Cc1ccccc1. The van der Waals surface area contributed by atoms with Gasteiger partial charge in [-0.3, -0.25) is 10.3 Å². The predicted molar refractivity (Wildman–Crippen MR) is 78.9 cm³/mol. The highest BCUT2D eigenvalue weighted by Crippen LogP contribution is 2.09. The molecule has 0 amide bonds. The van der Waals surface area contributed by atoms with Crippen LogP contribution < -0.4 is 5.73 Å². The lowest BCUT2D eigenvalue weighted by molar-refractivity contribution is 0.293. The summed E-state index contributed by atoms with van der Waals surface area (Å²) in [5.41, 5.74) is 8.01. The second-order valence-corrected chi connectivity index (χ2v) is 4.64. The molecule has 0 aliphatic rings. The van der Waals surface area contributed by atoms with Gasteiger partial charge >= 0.3 is 0 Å². The molecule has 0 saturated carbocycles. The third kappa shape index (κ3) is 4.56. The summed E-state index contributed by atoms with van der Waals surface area (Å²) < 4.78 is 0. The lowest BCUT2D eigenvalue weighted by atomic mass is 10.1. The van der Waals surface area contributed by atoms with Gasteiger partial charge in [-0.25, -0.2) is 0 Å². The molecule has 0 aliphatic carbocycles. The number of nitrogens with zero attached hydrogens (tertiary/aromatic N) is 1. The smallest absolute Gasteiger partial charge is 0.105 e. The van der Waals surface area contributed by atoms with Crippen LogP contribution in [0.15, 0.2) is 60.7 Å². The molecule has 3 nitrogen and oxygen atoms in total. The van der Waals surface area contributed by atoms with E-state index in [0.29, 0.717) is 6.54 Å². The fraction of sp³-hybridized carbons (Fsp3) is 0.188. The third-order valence-corrected chi connectivity index (χ3v) is 2.89. The molecule has 98 valence electrons. The van der Waals surface area contributed by atoms with E-state index in [1.165, 1.54) is 11.1 Å². The fourth-order valence-corrected chi connectivity index (χ4v) is 2.09. The van der Waals surface area contributed by atoms with Crippen LogP contribution in [0.2, 0.25) is 0 Å². The van der Waals surface area contributed by atoms with Gasteiger partial charge in [0.15, 0.2) is 0 Å². The molecular weight excluding hydrogens is 234 g/mol. The van der Waals surface area contributed by atoms with E-state index in [2.05, 4.69) is 29.2 Å². The van der Waals surface area contributed by atoms with Crippen molar-refractivity contribution >= 4 is 5.84 Å². The van der Waals surface area contributed by atoms with E-state index in [9.17, 15) is 0 Å². The molecule has 2 aromatic carbocycles. The number of hydrogen-bond acceptors (Lipinski definition) is 2. The van der Waals surface area contributed by atoms with Crippen molar-refractivity contribution in [2.45, 2.75) is 13.1 Å². The van der Waals surface area contributed by atoms with E-state index in [-0.39, 0.29) is 5.84 Å². The average Bonchev–Trinajstić information content (AvgIpc) is 2.40. The Balaban J connectivity index is 2.06. The number of benzene rings is 2. The molecule has 3 N–H and O–H groups in total. The molecule has 0 fully saturated rings. The van der Waals surface area contributed by atoms with Gasteiger partial charge in [0.05, 0.1) is 6.54 Å². The van der Waals surface area contributed by atoms with Crippen molar-refractivity contribution in [2.75, 3.05) is 6.54 Å². The lowest BCUT2D eigenvalue weighted by Gasteiger charge is -2.21. The quantitative estimate of drug-likeness (QED) is 0.614. The number of amidine groups is 1. The van der Waals surface area contributed by atoms with Gasteiger partial charge in [0, 0.05) is 13.1 Å². The Morgan fingerprint density at radius 2 is 1.26 bits per heavy atom. The minimum atomic E-state index is 0.201. The highest BCUT2D eigenvalue weighted by atomic mass is 15.1. The monoisotopic (exact) mass is 253 g/mol. The van der Waals surface area contributed by atoms with E-state index in [0.717, 1.165) is 13.1 Å². The Morgan fingerprint density at radius 1 is 0.842 bits per heavy atom. The zero-order valence-electron chi connectivity index (χ0n) is 10.9.